The van der Waals surface area contributed by atoms with Crippen molar-refractivity contribution in [2.45, 2.75) is 19.4 Å². The van der Waals surface area contributed by atoms with Gasteiger partial charge in [0.15, 0.2) is 0 Å². The van der Waals surface area contributed by atoms with E-state index in [-0.39, 0.29) is 5.75 Å². The first-order valence-electron chi connectivity index (χ1n) is 5.47. The Bertz CT molecular complexity index is 451. The van der Waals surface area contributed by atoms with E-state index in [9.17, 15) is 13.5 Å². The summed E-state index contributed by atoms with van der Waals surface area (Å²) in [7, 11) is -2.93. The van der Waals surface area contributed by atoms with E-state index in [1.165, 1.54) is 6.26 Å². The summed E-state index contributed by atoms with van der Waals surface area (Å²) in [4.78, 5) is 0. The molecule has 1 N–H and O–H groups in total. The van der Waals surface area contributed by atoms with Crippen molar-refractivity contribution in [3.63, 3.8) is 0 Å². The topological polar surface area (TPSA) is 63.6 Å². The van der Waals surface area contributed by atoms with Crippen LogP contribution in [0.15, 0.2) is 24.3 Å². The predicted octanol–water partition coefficient (Wildman–Crippen LogP) is 1.55. The number of ether oxygens (including phenoxy) is 1. The average Bonchev–Trinajstić information content (AvgIpc) is 2.23. The van der Waals surface area contributed by atoms with Crippen molar-refractivity contribution >= 4 is 9.84 Å². The highest BCUT2D eigenvalue weighted by molar-refractivity contribution is 7.90. The summed E-state index contributed by atoms with van der Waals surface area (Å²) < 4.78 is 27.3. The monoisotopic (exact) mass is 258 g/mol. The van der Waals surface area contributed by atoms with E-state index in [1.807, 2.05) is 12.1 Å². The predicted molar refractivity (Wildman–Crippen MR) is 66.9 cm³/mol. The molecule has 1 aromatic rings. The van der Waals surface area contributed by atoms with Gasteiger partial charge >= 0.3 is 0 Å². The van der Waals surface area contributed by atoms with Gasteiger partial charge in [0.1, 0.15) is 15.6 Å². The number of benzene rings is 1. The van der Waals surface area contributed by atoms with E-state index < -0.39 is 15.9 Å². The zero-order chi connectivity index (χ0) is 12.9. The molecular weight excluding hydrogens is 240 g/mol. The molecule has 0 radical (unpaired) electrons. The minimum absolute atomic E-state index is 0.115. The quantitative estimate of drug-likeness (QED) is 0.786. The molecule has 0 bridgehead atoms. The Hall–Kier alpha value is -1.07. The van der Waals surface area contributed by atoms with Gasteiger partial charge < -0.3 is 9.84 Å². The van der Waals surface area contributed by atoms with Gasteiger partial charge in [0, 0.05) is 11.8 Å². The van der Waals surface area contributed by atoms with E-state index in [1.54, 1.807) is 19.1 Å². The van der Waals surface area contributed by atoms with Gasteiger partial charge in [0.25, 0.3) is 0 Å². The highest BCUT2D eigenvalue weighted by atomic mass is 32.2. The third-order valence-corrected chi connectivity index (χ3v) is 3.32. The Balaban J connectivity index is 2.52. The van der Waals surface area contributed by atoms with Gasteiger partial charge in [-0.1, -0.05) is 18.2 Å². The summed E-state index contributed by atoms with van der Waals surface area (Å²) in [5.41, 5.74) is 0.715. The number of para-hydroxylation sites is 1. The fraction of sp³-hybridized carbons (Fsp3) is 0.500. The lowest BCUT2D eigenvalue weighted by Crippen LogP contribution is -2.09. The van der Waals surface area contributed by atoms with Crippen LogP contribution >= 0.6 is 0 Å². The number of hydrogen-bond donors (Lipinski definition) is 1. The van der Waals surface area contributed by atoms with E-state index in [4.69, 9.17) is 4.74 Å². The van der Waals surface area contributed by atoms with Crippen molar-refractivity contribution in [1.29, 1.82) is 0 Å². The van der Waals surface area contributed by atoms with E-state index in [2.05, 4.69) is 0 Å². The van der Waals surface area contributed by atoms with Gasteiger partial charge in [0.05, 0.1) is 18.5 Å². The molecule has 0 heterocycles. The van der Waals surface area contributed by atoms with Crippen molar-refractivity contribution in [2.75, 3.05) is 18.6 Å². The largest absolute Gasteiger partial charge is 0.493 e. The number of sulfone groups is 1. The molecule has 17 heavy (non-hydrogen) atoms. The molecule has 0 aliphatic rings. The SMILES string of the molecule is C[C@H](O)c1ccccc1OCCCS(C)(=O)=O. The molecule has 96 valence electrons. The van der Waals surface area contributed by atoms with Crippen LogP contribution in [0.25, 0.3) is 0 Å². The Morgan fingerprint density at radius 2 is 2.00 bits per heavy atom. The van der Waals surface area contributed by atoms with Gasteiger partial charge in [-0.25, -0.2) is 8.42 Å². The van der Waals surface area contributed by atoms with Crippen molar-refractivity contribution < 1.29 is 18.3 Å². The first kappa shape index (κ1) is 14.0. The van der Waals surface area contributed by atoms with Crippen LogP contribution < -0.4 is 4.74 Å². The van der Waals surface area contributed by atoms with Crippen LogP contribution in [0.2, 0.25) is 0 Å². The Labute approximate surface area is 102 Å². The number of rotatable bonds is 6. The van der Waals surface area contributed by atoms with E-state index >= 15 is 0 Å². The lowest BCUT2D eigenvalue weighted by Gasteiger charge is -2.12. The molecule has 0 aromatic heterocycles. The molecule has 0 fully saturated rings. The molecular formula is C12H18O4S. The van der Waals surface area contributed by atoms with Crippen LogP contribution in [0.3, 0.4) is 0 Å². The van der Waals surface area contributed by atoms with Gasteiger partial charge in [-0.05, 0) is 19.4 Å². The second-order valence-corrected chi connectivity index (χ2v) is 6.31. The standard InChI is InChI=1S/C12H18O4S/c1-10(13)11-6-3-4-7-12(11)16-8-5-9-17(2,14)15/h3-4,6-7,10,13H,5,8-9H2,1-2H3/t10-/m0/s1. The van der Waals surface area contributed by atoms with Crippen molar-refractivity contribution in [3.05, 3.63) is 29.8 Å². The zero-order valence-electron chi connectivity index (χ0n) is 10.1. The maximum Gasteiger partial charge on any atom is 0.147 e. The molecule has 0 saturated carbocycles. The minimum atomic E-state index is -2.93. The third kappa shape index (κ3) is 5.19. The van der Waals surface area contributed by atoms with Gasteiger partial charge in [0.2, 0.25) is 0 Å². The molecule has 5 heteroatoms. The average molecular weight is 258 g/mol. The number of aliphatic hydroxyl groups excluding tert-OH is 1. The normalized spacial score (nSPS) is 13.4. The molecule has 0 spiro atoms. The molecule has 0 aliphatic carbocycles. The summed E-state index contributed by atoms with van der Waals surface area (Å²) in [5, 5.41) is 9.51. The molecule has 0 unspecified atom stereocenters. The highest BCUT2D eigenvalue weighted by Crippen LogP contribution is 2.24. The number of aliphatic hydroxyl groups is 1. The highest BCUT2D eigenvalue weighted by Gasteiger charge is 2.08. The van der Waals surface area contributed by atoms with E-state index in [0.717, 1.165) is 0 Å². The molecule has 1 rings (SSSR count). The van der Waals surface area contributed by atoms with Crippen molar-refractivity contribution in [1.82, 2.24) is 0 Å². The smallest absolute Gasteiger partial charge is 0.147 e. The lowest BCUT2D eigenvalue weighted by molar-refractivity contribution is 0.191. The summed E-state index contributed by atoms with van der Waals surface area (Å²) in [6, 6.07) is 7.20. The van der Waals surface area contributed by atoms with Crippen LogP contribution in [0.4, 0.5) is 0 Å². The summed E-state index contributed by atoms with van der Waals surface area (Å²) in [6.45, 7) is 2.00. The molecule has 0 aliphatic heterocycles. The summed E-state index contributed by atoms with van der Waals surface area (Å²) in [6.07, 6.45) is 1.06. The second kappa shape index (κ2) is 6.02. The first-order valence-corrected chi connectivity index (χ1v) is 7.54. The van der Waals surface area contributed by atoms with Gasteiger partial charge in [-0.15, -0.1) is 0 Å². The lowest BCUT2D eigenvalue weighted by atomic mass is 10.1. The van der Waals surface area contributed by atoms with Crippen LogP contribution in [-0.4, -0.2) is 32.1 Å². The van der Waals surface area contributed by atoms with Gasteiger partial charge in [-0.3, -0.25) is 0 Å². The number of hydrogen-bond acceptors (Lipinski definition) is 4. The van der Waals surface area contributed by atoms with Crippen LogP contribution in [0.1, 0.15) is 25.0 Å². The molecule has 0 saturated heterocycles. The third-order valence-electron chi connectivity index (χ3n) is 2.29. The molecule has 4 nitrogen and oxygen atoms in total. The first-order chi connectivity index (χ1) is 7.90. The summed E-state index contributed by atoms with van der Waals surface area (Å²) >= 11 is 0. The van der Waals surface area contributed by atoms with Crippen molar-refractivity contribution in [2.24, 2.45) is 0 Å². The Kier molecular flexibility index (Phi) is 4.96. The second-order valence-electron chi connectivity index (χ2n) is 4.05. The Morgan fingerprint density at radius 3 is 2.59 bits per heavy atom. The van der Waals surface area contributed by atoms with E-state index in [0.29, 0.717) is 24.3 Å². The molecule has 1 atom stereocenters. The van der Waals surface area contributed by atoms with Crippen LogP contribution in [0, 0.1) is 0 Å². The summed E-state index contributed by atoms with van der Waals surface area (Å²) in [5.74, 6) is 0.722. The minimum Gasteiger partial charge on any atom is -0.493 e. The maximum atomic E-state index is 10.9. The van der Waals surface area contributed by atoms with Crippen LogP contribution in [-0.2, 0) is 9.84 Å². The fourth-order valence-electron chi connectivity index (χ4n) is 1.46. The van der Waals surface area contributed by atoms with Gasteiger partial charge in [-0.2, -0.15) is 0 Å². The van der Waals surface area contributed by atoms with Crippen LogP contribution in [0.5, 0.6) is 5.75 Å². The van der Waals surface area contributed by atoms with Crippen molar-refractivity contribution in [3.8, 4) is 5.75 Å². The fourth-order valence-corrected chi connectivity index (χ4v) is 2.10. The maximum absolute atomic E-state index is 10.9. The Morgan fingerprint density at radius 1 is 1.35 bits per heavy atom. The molecule has 1 aromatic carbocycles. The zero-order valence-corrected chi connectivity index (χ0v) is 10.9. The molecule has 0 amide bonds.